The van der Waals surface area contributed by atoms with Crippen LogP contribution in [0.15, 0.2) is 6.07 Å². The van der Waals surface area contributed by atoms with Crippen LogP contribution in [0.5, 0.6) is 0 Å². The van der Waals surface area contributed by atoms with Crippen LogP contribution in [0.25, 0.3) is 0 Å². The highest BCUT2D eigenvalue weighted by atomic mass is 35.5. The number of nitrogens with zero attached hydrogens (tertiary/aromatic N) is 2. The first-order valence-electron chi connectivity index (χ1n) is 5.53. The van der Waals surface area contributed by atoms with Gasteiger partial charge in [-0.2, -0.15) is 0 Å². The highest BCUT2D eigenvalue weighted by Crippen LogP contribution is 2.33. The van der Waals surface area contributed by atoms with E-state index < -0.39 is 0 Å². The smallest absolute Gasteiger partial charge is 0.150 e. The fraction of sp³-hybridized carbons (Fsp3) is 0.545. The molecule has 100 valence electrons. The summed E-state index contributed by atoms with van der Waals surface area (Å²) in [4.78, 5) is 6.17. The third kappa shape index (κ3) is 2.83. The maximum Gasteiger partial charge on any atom is 0.150 e. The summed E-state index contributed by atoms with van der Waals surface area (Å²) in [6, 6.07) is 1.68. The molecule has 0 aliphatic carbocycles. The maximum atomic E-state index is 9.16. The molecule has 0 bridgehead atoms. The van der Waals surface area contributed by atoms with E-state index >= 15 is 0 Å². The number of morpholine rings is 1. The number of hydrogen-bond donors (Lipinski definition) is 1. The number of pyridine rings is 1. The molecule has 0 radical (unpaired) electrons. The number of rotatable bonds is 2. The number of aliphatic hydroxyl groups excluding tert-OH is 1. The van der Waals surface area contributed by atoms with Crippen molar-refractivity contribution in [3.63, 3.8) is 0 Å². The van der Waals surface area contributed by atoms with E-state index in [2.05, 4.69) is 4.98 Å². The minimum Gasteiger partial charge on any atom is -0.394 e. The van der Waals surface area contributed by atoms with Gasteiger partial charge in [0.15, 0.2) is 0 Å². The zero-order valence-corrected chi connectivity index (χ0v) is 12.0. The Balaban J connectivity index is 2.31. The van der Waals surface area contributed by atoms with Gasteiger partial charge in [-0.3, -0.25) is 0 Å². The van der Waals surface area contributed by atoms with E-state index in [1.165, 1.54) is 0 Å². The second-order valence-corrected chi connectivity index (χ2v) is 5.38. The zero-order valence-electron chi connectivity index (χ0n) is 9.74. The fourth-order valence-corrected chi connectivity index (χ4v) is 2.46. The van der Waals surface area contributed by atoms with Crippen LogP contribution < -0.4 is 4.90 Å². The van der Waals surface area contributed by atoms with Gasteiger partial charge in [-0.15, -0.1) is 0 Å². The van der Waals surface area contributed by atoms with Gasteiger partial charge in [-0.25, -0.2) is 4.98 Å². The maximum absolute atomic E-state index is 9.16. The molecule has 0 saturated carbocycles. The van der Waals surface area contributed by atoms with Gasteiger partial charge in [0.25, 0.3) is 0 Å². The molecule has 4 nitrogen and oxygen atoms in total. The summed E-state index contributed by atoms with van der Waals surface area (Å²) in [6.07, 6.45) is -0.242. The van der Waals surface area contributed by atoms with Gasteiger partial charge < -0.3 is 14.7 Å². The molecule has 1 fully saturated rings. The van der Waals surface area contributed by atoms with Crippen molar-refractivity contribution in [2.24, 2.45) is 0 Å². The summed E-state index contributed by atoms with van der Waals surface area (Å²) in [7, 11) is 0. The Morgan fingerprint density at radius 1 is 1.44 bits per heavy atom. The average molecular weight is 312 g/mol. The highest BCUT2D eigenvalue weighted by molar-refractivity contribution is 6.42. The van der Waals surface area contributed by atoms with E-state index in [1.54, 1.807) is 6.07 Å². The second kappa shape index (κ2) is 5.80. The van der Waals surface area contributed by atoms with Crippen LogP contribution in [-0.2, 0) is 4.74 Å². The Labute approximate surface area is 120 Å². The molecule has 1 N–H and O–H groups in total. The molecule has 0 aromatic carbocycles. The third-order valence-electron chi connectivity index (χ3n) is 2.85. The second-order valence-electron chi connectivity index (χ2n) is 4.21. The van der Waals surface area contributed by atoms with Gasteiger partial charge in [0, 0.05) is 6.54 Å². The van der Waals surface area contributed by atoms with Gasteiger partial charge in [-0.05, 0) is 13.0 Å². The van der Waals surface area contributed by atoms with Crippen molar-refractivity contribution in [2.75, 3.05) is 24.7 Å². The van der Waals surface area contributed by atoms with Gasteiger partial charge >= 0.3 is 0 Å². The van der Waals surface area contributed by atoms with Crippen molar-refractivity contribution >= 4 is 40.6 Å². The summed E-state index contributed by atoms with van der Waals surface area (Å²) in [5.41, 5.74) is 0. The number of aromatic nitrogens is 1. The van der Waals surface area contributed by atoms with E-state index in [9.17, 15) is 0 Å². The van der Waals surface area contributed by atoms with Crippen LogP contribution in [0, 0.1) is 0 Å². The SMILES string of the molecule is CC1COC(CO)CN1c1nc(Cl)c(Cl)cc1Cl. The quantitative estimate of drug-likeness (QED) is 0.853. The number of hydrogen-bond acceptors (Lipinski definition) is 4. The molecule has 1 saturated heterocycles. The largest absolute Gasteiger partial charge is 0.394 e. The van der Waals surface area contributed by atoms with Crippen molar-refractivity contribution in [1.82, 2.24) is 4.98 Å². The van der Waals surface area contributed by atoms with E-state index in [4.69, 9.17) is 44.6 Å². The van der Waals surface area contributed by atoms with Gasteiger partial charge in [0.05, 0.1) is 35.4 Å². The Kier molecular flexibility index (Phi) is 4.56. The molecule has 2 atom stereocenters. The van der Waals surface area contributed by atoms with E-state index in [1.807, 2.05) is 11.8 Å². The summed E-state index contributed by atoms with van der Waals surface area (Å²) in [5, 5.41) is 10.1. The topological polar surface area (TPSA) is 45.6 Å². The minimum atomic E-state index is -0.242. The number of halogens is 3. The molecular weight excluding hydrogens is 298 g/mol. The van der Waals surface area contributed by atoms with Crippen molar-refractivity contribution in [3.05, 3.63) is 21.3 Å². The number of ether oxygens (including phenoxy) is 1. The lowest BCUT2D eigenvalue weighted by Gasteiger charge is -2.38. The molecule has 0 amide bonds. The zero-order chi connectivity index (χ0) is 13.3. The van der Waals surface area contributed by atoms with Crippen LogP contribution in [-0.4, -0.2) is 42.0 Å². The average Bonchev–Trinajstić information content (AvgIpc) is 2.35. The first-order valence-corrected chi connectivity index (χ1v) is 6.67. The van der Waals surface area contributed by atoms with Crippen LogP contribution in [0.2, 0.25) is 15.2 Å². The lowest BCUT2D eigenvalue weighted by molar-refractivity contribution is -0.0105. The summed E-state index contributed by atoms with van der Waals surface area (Å²) >= 11 is 17.9. The molecule has 1 aromatic rings. The fourth-order valence-electron chi connectivity index (χ4n) is 1.86. The van der Waals surface area contributed by atoms with Crippen molar-refractivity contribution in [1.29, 1.82) is 0 Å². The first-order chi connectivity index (χ1) is 8.52. The molecule has 2 unspecified atom stereocenters. The standard InChI is InChI=1S/C11H13Cl3N2O2/c1-6-5-18-7(4-17)3-16(6)11-9(13)2-8(12)10(14)15-11/h2,6-7,17H,3-5H2,1H3. The van der Waals surface area contributed by atoms with Crippen molar-refractivity contribution in [2.45, 2.75) is 19.1 Å². The molecule has 1 aliphatic heterocycles. The Bertz CT molecular complexity index is 445. The number of anilines is 1. The monoisotopic (exact) mass is 310 g/mol. The number of aliphatic hydroxyl groups is 1. The molecular formula is C11H13Cl3N2O2. The molecule has 7 heteroatoms. The van der Waals surface area contributed by atoms with Crippen LogP contribution in [0.3, 0.4) is 0 Å². The van der Waals surface area contributed by atoms with E-state index in [0.717, 1.165) is 0 Å². The van der Waals surface area contributed by atoms with Crippen molar-refractivity contribution in [3.8, 4) is 0 Å². The van der Waals surface area contributed by atoms with Crippen LogP contribution in [0.4, 0.5) is 5.82 Å². The predicted molar refractivity (Wildman–Crippen MR) is 72.9 cm³/mol. The van der Waals surface area contributed by atoms with Gasteiger partial charge in [0.2, 0.25) is 0 Å². The first kappa shape index (κ1) is 14.2. The lowest BCUT2D eigenvalue weighted by Crippen LogP contribution is -2.50. The van der Waals surface area contributed by atoms with E-state index in [0.29, 0.717) is 29.0 Å². The predicted octanol–water partition coefficient (Wildman–Crippen LogP) is 2.63. The normalized spacial score (nSPS) is 24.4. The minimum absolute atomic E-state index is 0.0395. The summed E-state index contributed by atoms with van der Waals surface area (Å²) in [5.74, 6) is 0.570. The summed E-state index contributed by atoms with van der Waals surface area (Å²) < 4.78 is 5.46. The Morgan fingerprint density at radius 2 is 2.17 bits per heavy atom. The summed E-state index contributed by atoms with van der Waals surface area (Å²) in [6.45, 7) is 2.97. The molecule has 2 heterocycles. The third-order valence-corrected chi connectivity index (χ3v) is 3.80. The Hall–Kier alpha value is -0.260. The van der Waals surface area contributed by atoms with Crippen molar-refractivity contribution < 1.29 is 9.84 Å². The van der Waals surface area contributed by atoms with E-state index in [-0.39, 0.29) is 23.9 Å². The molecule has 0 spiro atoms. The van der Waals surface area contributed by atoms with Crippen LogP contribution in [0.1, 0.15) is 6.92 Å². The van der Waals surface area contributed by atoms with Crippen LogP contribution >= 0.6 is 34.8 Å². The molecule has 1 aromatic heterocycles. The highest BCUT2D eigenvalue weighted by Gasteiger charge is 2.28. The lowest BCUT2D eigenvalue weighted by atomic mass is 10.2. The molecule has 1 aliphatic rings. The van der Waals surface area contributed by atoms with Gasteiger partial charge in [-0.1, -0.05) is 34.8 Å². The molecule has 2 rings (SSSR count). The molecule has 18 heavy (non-hydrogen) atoms. The Morgan fingerprint density at radius 3 is 2.83 bits per heavy atom. The van der Waals surface area contributed by atoms with Gasteiger partial charge in [0.1, 0.15) is 11.0 Å².